The summed E-state index contributed by atoms with van der Waals surface area (Å²) in [7, 11) is 0. The van der Waals surface area contributed by atoms with Gasteiger partial charge in [0, 0.05) is 6.04 Å². The summed E-state index contributed by atoms with van der Waals surface area (Å²) in [6.07, 6.45) is 2.93. The Morgan fingerprint density at radius 2 is 1.84 bits per heavy atom. The molecule has 0 bridgehead atoms. The Kier molecular flexibility index (Phi) is 7.22. The van der Waals surface area contributed by atoms with Gasteiger partial charge in [0.25, 0.3) is 5.91 Å². The summed E-state index contributed by atoms with van der Waals surface area (Å²) < 4.78 is 24.5. The van der Waals surface area contributed by atoms with Crippen molar-refractivity contribution in [1.29, 1.82) is 0 Å². The summed E-state index contributed by atoms with van der Waals surface area (Å²) >= 11 is 1.23. The molecule has 1 aliphatic carbocycles. The van der Waals surface area contributed by atoms with E-state index in [4.69, 9.17) is 10.5 Å². The number of nitrogens with zero attached hydrogens (tertiary/aromatic N) is 1. The highest BCUT2D eigenvalue weighted by Gasteiger charge is 2.29. The molecule has 1 aliphatic rings. The van der Waals surface area contributed by atoms with E-state index in [0.717, 1.165) is 37.4 Å². The predicted molar refractivity (Wildman–Crippen MR) is 124 cm³/mol. The van der Waals surface area contributed by atoms with Crippen molar-refractivity contribution in [3.05, 3.63) is 35.3 Å². The number of aromatic nitrogens is 1. The van der Waals surface area contributed by atoms with E-state index in [1.807, 2.05) is 13.0 Å². The number of rotatable bonds is 6. The first-order valence-corrected chi connectivity index (χ1v) is 11.4. The molecule has 5 N–H and O–H groups in total. The van der Waals surface area contributed by atoms with E-state index in [-0.39, 0.29) is 23.3 Å². The zero-order chi connectivity index (χ0) is 23.5. The Labute approximate surface area is 191 Å². The second-order valence-corrected chi connectivity index (χ2v) is 9.79. The largest absolute Gasteiger partial charge is 0.444 e. The van der Waals surface area contributed by atoms with E-state index in [1.54, 1.807) is 20.8 Å². The average Bonchev–Trinajstić information content (AvgIpc) is 3.08. The molecule has 8 nitrogen and oxygen atoms in total. The van der Waals surface area contributed by atoms with Crippen LogP contribution in [0.25, 0.3) is 0 Å². The van der Waals surface area contributed by atoms with Gasteiger partial charge in [0.05, 0.1) is 28.7 Å². The lowest BCUT2D eigenvalue weighted by Gasteiger charge is -2.34. The van der Waals surface area contributed by atoms with Crippen molar-refractivity contribution in [2.45, 2.75) is 71.1 Å². The number of primary amides is 1. The van der Waals surface area contributed by atoms with Gasteiger partial charge >= 0.3 is 6.09 Å². The van der Waals surface area contributed by atoms with Gasteiger partial charge in [-0.25, -0.2) is 9.18 Å². The molecule has 2 amide bonds. The highest BCUT2D eigenvalue weighted by Crippen LogP contribution is 2.31. The average molecular weight is 464 g/mol. The third-order valence-corrected chi connectivity index (χ3v) is 5.86. The van der Waals surface area contributed by atoms with Crippen molar-refractivity contribution >= 4 is 39.9 Å². The topological polar surface area (TPSA) is 118 Å². The van der Waals surface area contributed by atoms with Crippen LogP contribution in [0.1, 0.15) is 62.5 Å². The Balaban J connectivity index is 1.81. The van der Waals surface area contributed by atoms with Gasteiger partial charge in [-0.1, -0.05) is 12.8 Å². The van der Waals surface area contributed by atoms with E-state index in [0.29, 0.717) is 10.7 Å². The second-order valence-electron chi connectivity index (χ2n) is 8.99. The van der Waals surface area contributed by atoms with E-state index in [1.165, 1.54) is 17.6 Å². The zero-order valence-corrected chi connectivity index (χ0v) is 19.6. The van der Waals surface area contributed by atoms with Crippen molar-refractivity contribution in [3.8, 4) is 0 Å². The number of carbonyl (C=O) groups is 2. The van der Waals surface area contributed by atoms with Gasteiger partial charge in [-0.15, -0.1) is 0 Å². The molecule has 3 rings (SSSR count). The number of anilines is 3. The number of benzene rings is 1. The van der Waals surface area contributed by atoms with Crippen LogP contribution in [0.5, 0.6) is 0 Å². The molecule has 0 aliphatic heterocycles. The summed E-state index contributed by atoms with van der Waals surface area (Å²) in [6.45, 7) is 7.27. The lowest BCUT2D eigenvalue weighted by atomic mass is 9.90. The van der Waals surface area contributed by atoms with Crippen molar-refractivity contribution in [1.82, 2.24) is 9.69 Å². The number of amides is 2. The number of carbonyl (C=O) groups excluding carboxylic acids is 2. The molecule has 2 atom stereocenters. The normalized spacial score (nSPS) is 18.7. The molecular formula is C22H30FN5O3S. The first kappa shape index (κ1) is 23.8. The van der Waals surface area contributed by atoms with Gasteiger partial charge in [-0.05, 0) is 70.3 Å². The molecule has 1 saturated carbocycles. The van der Waals surface area contributed by atoms with Crippen LogP contribution >= 0.6 is 11.5 Å². The Hall–Kier alpha value is -2.88. The first-order chi connectivity index (χ1) is 15.0. The van der Waals surface area contributed by atoms with E-state index in [2.05, 4.69) is 20.3 Å². The quantitative estimate of drug-likeness (QED) is 0.494. The van der Waals surface area contributed by atoms with Gasteiger partial charge in [0.15, 0.2) is 0 Å². The fraction of sp³-hybridized carbons (Fsp3) is 0.500. The van der Waals surface area contributed by atoms with Gasteiger partial charge < -0.3 is 26.4 Å². The van der Waals surface area contributed by atoms with Crippen molar-refractivity contribution in [2.24, 2.45) is 5.73 Å². The van der Waals surface area contributed by atoms with Crippen molar-refractivity contribution in [2.75, 3.05) is 10.6 Å². The van der Waals surface area contributed by atoms with E-state index < -0.39 is 23.4 Å². The van der Waals surface area contributed by atoms with Crippen LogP contribution in [0, 0.1) is 12.7 Å². The van der Waals surface area contributed by atoms with Gasteiger partial charge in [-0.3, -0.25) is 4.79 Å². The number of hydrogen-bond acceptors (Lipinski definition) is 7. The molecule has 1 aromatic carbocycles. The Morgan fingerprint density at radius 3 is 2.44 bits per heavy atom. The molecule has 0 spiro atoms. The number of aryl methyl sites for hydroxylation is 1. The number of alkyl carbamates (subject to hydrolysis) is 1. The molecule has 2 aromatic rings. The summed E-state index contributed by atoms with van der Waals surface area (Å²) in [5.74, 6) is -1.33. The van der Waals surface area contributed by atoms with Crippen LogP contribution in [0.2, 0.25) is 0 Å². The number of nitrogens with one attached hydrogen (secondary N) is 3. The standard InChI is InChI=1S/C22H30FN5O3S/c1-12-9-19(32-28-12)26-17-11-18(14(23)10-13(17)20(24)29)25-15-7-5-6-8-16(15)27-21(30)31-22(2,3)4/h9-11,15-16,25-26H,5-8H2,1-4H3,(H2,24,29)(H,27,30)/t15-,16+/m1/s1. The van der Waals surface area contributed by atoms with E-state index >= 15 is 0 Å². The number of ether oxygens (including phenoxy) is 1. The minimum atomic E-state index is -0.735. The lowest BCUT2D eigenvalue weighted by molar-refractivity contribution is 0.0488. The first-order valence-electron chi connectivity index (χ1n) is 10.6. The fourth-order valence-corrected chi connectivity index (χ4v) is 4.36. The van der Waals surface area contributed by atoms with Crippen molar-refractivity contribution < 1.29 is 18.7 Å². The third kappa shape index (κ3) is 6.32. The number of halogens is 1. The Morgan fingerprint density at radius 1 is 1.16 bits per heavy atom. The molecule has 10 heteroatoms. The Bertz CT molecular complexity index is 988. The van der Waals surface area contributed by atoms with Gasteiger partial charge in [0.1, 0.15) is 16.4 Å². The maximum Gasteiger partial charge on any atom is 0.407 e. The summed E-state index contributed by atoms with van der Waals surface area (Å²) in [4.78, 5) is 24.1. The van der Waals surface area contributed by atoms with E-state index in [9.17, 15) is 14.0 Å². The molecular weight excluding hydrogens is 433 g/mol. The van der Waals surface area contributed by atoms with Crippen LogP contribution in [-0.4, -0.2) is 34.1 Å². The van der Waals surface area contributed by atoms with Crippen LogP contribution in [0.15, 0.2) is 18.2 Å². The summed E-state index contributed by atoms with van der Waals surface area (Å²) in [6, 6.07) is 4.08. The van der Waals surface area contributed by atoms with Crippen LogP contribution in [0.3, 0.4) is 0 Å². The SMILES string of the molecule is Cc1cc(Nc2cc(N[C@@H]3CCCC[C@@H]3NC(=O)OC(C)(C)C)c(F)cc2C(N)=O)sn1. The van der Waals surface area contributed by atoms with Crippen molar-refractivity contribution in [3.63, 3.8) is 0 Å². The molecule has 0 radical (unpaired) electrons. The van der Waals surface area contributed by atoms with Gasteiger partial charge in [0.2, 0.25) is 0 Å². The zero-order valence-electron chi connectivity index (χ0n) is 18.8. The molecule has 174 valence electrons. The highest BCUT2D eigenvalue weighted by molar-refractivity contribution is 7.10. The molecule has 1 fully saturated rings. The smallest absolute Gasteiger partial charge is 0.407 e. The minimum absolute atomic E-state index is 0.0474. The maximum absolute atomic E-state index is 14.9. The highest BCUT2D eigenvalue weighted by atomic mass is 32.1. The lowest BCUT2D eigenvalue weighted by Crippen LogP contribution is -2.49. The fourth-order valence-electron chi connectivity index (χ4n) is 3.68. The van der Waals surface area contributed by atoms with Crippen LogP contribution in [-0.2, 0) is 4.74 Å². The van der Waals surface area contributed by atoms with Gasteiger partial charge in [-0.2, -0.15) is 4.37 Å². The number of nitrogens with two attached hydrogens (primary N) is 1. The predicted octanol–water partition coefficient (Wildman–Crippen LogP) is 4.68. The molecule has 32 heavy (non-hydrogen) atoms. The summed E-state index contributed by atoms with van der Waals surface area (Å²) in [5, 5.41) is 9.95. The molecule has 1 heterocycles. The minimum Gasteiger partial charge on any atom is -0.444 e. The molecule has 0 unspecified atom stereocenters. The number of hydrogen-bond donors (Lipinski definition) is 4. The van der Waals surface area contributed by atoms with Crippen LogP contribution in [0.4, 0.5) is 25.6 Å². The molecule has 1 aromatic heterocycles. The van der Waals surface area contributed by atoms with Crippen LogP contribution < -0.4 is 21.7 Å². The monoisotopic (exact) mass is 463 g/mol. The molecule has 0 saturated heterocycles. The second kappa shape index (κ2) is 9.72. The third-order valence-electron chi connectivity index (χ3n) is 5.07. The summed E-state index contributed by atoms with van der Waals surface area (Å²) in [5.41, 5.74) is 6.35. The maximum atomic E-state index is 14.9.